The first-order chi connectivity index (χ1) is 9.13. The van der Waals surface area contributed by atoms with E-state index in [1.54, 1.807) is 4.90 Å². The number of hydrogen-bond donors (Lipinski definition) is 1. The lowest BCUT2D eigenvalue weighted by Gasteiger charge is -2.25. The van der Waals surface area contributed by atoms with Crippen LogP contribution in [0.3, 0.4) is 0 Å². The highest BCUT2D eigenvalue weighted by molar-refractivity contribution is 5.50. The molecule has 0 aliphatic heterocycles. The van der Waals surface area contributed by atoms with Crippen LogP contribution in [0.15, 0.2) is 12.1 Å². The summed E-state index contributed by atoms with van der Waals surface area (Å²) in [6, 6.07) is 2.86. The Bertz CT molecular complexity index is 365. The lowest BCUT2D eigenvalue weighted by atomic mass is 10.1. The fraction of sp³-hybridized carbons (Fsp3) is 0.600. The molecule has 0 aliphatic carbocycles. The predicted octanol–water partition coefficient (Wildman–Crippen LogP) is 3.70. The number of hydrogen-bond acceptors (Lipinski definition) is 2. The van der Waals surface area contributed by atoms with Crippen molar-refractivity contribution in [2.75, 3.05) is 24.5 Å². The van der Waals surface area contributed by atoms with Gasteiger partial charge in [-0.15, -0.1) is 0 Å². The summed E-state index contributed by atoms with van der Waals surface area (Å²) in [5, 5.41) is 3.07. The highest BCUT2D eigenvalue weighted by Gasteiger charge is 2.16. The van der Waals surface area contributed by atoms with Crippen LogP contribution in [-0.4, -0.2) is 19.6 Å². The van der Waals surface area contributed by atoms with Crippen molar-refractivity contribution in [3.05, 3.63) is 29.3 Å². The average molecular weight is 270 g/mol. The summed E-state index contributed by atoms with van der Waals surface area (Å²) in [5.41, 5.74) is 0.762. The van der Waals surface area contributed by atoms with Gasteiger partial charge in [-0.2, -0.15) is 0 Å². The second-order valence-electron chi connectivity index (χ2n) is 4.68. The fourth-order valence-electron chi connectivity index (χ4n) is 2.17. The van der Waals surface area contributed by atoms with Crippen LogP contribution in [0.25, 0.3) is 0 Å². The van der Waals surface area contributed by atoms with Gasteiger partial charge in [0, 0.05) is 19.6 Å². The minimum atomic E-state index is -0.463. The van der Waals surface area contributed by atoms with Crippen molar-refractivity contribution in [1.82, 2.24) is 5.32 Å². The summed E-state index contributed by atoms with van der Waals surface area (Å²) in [4.78, 5) is 1.79. The molecule has 0 fully saturated rings. The minimum Gasteiger partial charge on any atom is -0.367 e. The Morgan fingerprint density at radius 3 is 1.95 bits per heavy atom. The van der Waals surface area contributed by atoms with Crippen LogP contribution >= 0.6 is 0 Å². The SMILES string of the molecule is CCCN(CCC)c1c(F)cc(CNCC)cc1F. The molecule has 0 saturated heterocycles. The molecule has 1 aromatic carbocycles. The molecule has 0 saturated carbocycles. The zero-order valence-corrected chi connectivity index (χ0v) is 12.1. The van der Waals surface area contributed by atoms with E-state index in [1.807, 2.05) is 20.8 Å². The first-order valence-electron chi connectivity index (χ1n) is 7.07. The predicted molar refractivity (Wildman–Crippen MR) is 76.5 cm³/mol. The van der Waals surface area contributed by atoms with Gasteiger partial charge in [0.1, 0.15) is 17.3 Å². The van der Waals surface area contributed by atoms with Crippen LogP contribution in [0.2, 0.25) is 0 Å². The van der Waals surface area contributed by atoms with E-state index in [1.165, 1.54) is 12.1 Å². The molecule has 19 heavy (non-hydrogen) atoms. The molecule has 1 rings (SSSR count). The molecule has 0 unspecified atom stereocenters. The molecule has 0 spiro atoms. The molecule has 0 bridgehead atoms. The Morgan fingerprint density at radius 2 is 1.53 bits per heavy atom. The minimum absolute atomic E-state index is 0.115. The standard InChI is InChI=1S/C15H24F2N2/c1-4-7-19(8-5-2)15-13(16)9-12(10-14(15)17)11-18-6-3/h9-10,18H,4-8,11H2,1-3H3. The first-order valence-corrected chi connectivity index (χ1v) is 7.07. The smallest absolute Gasteiger partial charge is 0.149 e. The maximum atomic E-state index is 14.1. The third kappa shape index (κ3) is 4.46. The van der Waals surface area contributed by atoms with Crippen LogP contribution < -0.4 is 10.2 Å². The van der Waals surface area contributed by atoms with Gasteiger partial charge in [-0.3, -0.25) is 0 Å². The van der Waals surface area contributed by atoms with E-state index in [2.05, 4.69) is 5.32 Å². The van der Waals surface area contributed by atoms with Gasteiger partial charge in [-0.25, -0.2) is 8.78 Å². The first kappa shape index (κ1) is 15.9. The maximum Gasteiger partial charge on any atom is 0.149 e. The molecule has 0 radical (unpaired) electrons. The Kier molecular flexibility index (Phi) is 6.78. The molecule has 1 aromatic rings. The van der Waals surface area contributed by atoms with Crippen LogP contribution in [0, 0.1) is 11.6 Å². The summed E-state index contributed by atoms with van der Waals surface area (Å²) < 4.78 is 28.3. The zero-order valence-electron chi connectivity index (χ0n) is 12.1. The Labute approximate surface area is 114 Å². The van der Waals surface area contributed by atoms with Crippen molar-refractivity contribution < 1.29 is 8.78 Å². The molecular formula is C15H24F2N2. The van der Waals surface area contributed by atoms with Crippen LogP contribution in [-0.2, 0) is 6.54 Å². The van der Waals surface area contributed by atoms with Gasteiger partial charge < -0.3 is 10.2 Å². The molecule has 0 atom stereocenters. The molecule has 108 valence electrons. The quantitative estimate of drug-likeness (QED) is 0.775. The Hall–Kier alpha value is -1.16. The van der Waals surface area contributed by atoms with Gasteiger partial charge in [-0.05, 0) is 37.1 Å². The number of halogens is 2. The number of nitrogens with zero attached hydrogens (tertiary/aromatic N) is 1. The van der Waals surface area contributed by atoms with Crippen LogP contribution in [0.4, 0.5) is 14.5 Å². The monoisotopic (exact) mass is 270 g/mol. The van der Waals surface area contributed by atoms with E-state index in [-0.39, 0.29) is 5.69 Å². The number of anilines is 1. The summed E-state index contributed by atoms with van der Waals surface area (Å²) in [6.45, 7) is 8.61. The van der Waals surface area contributed by atoms with Crippen molar-refractivity contribution in [1.29, 1.82) is 0 Å². The third-order valence-electron chi connectivity index (χ3n) is 2.96. The second-order valence-corrected chi connectivity index (χ2v) is 4.68. The molecule has 2 nitrogen and oxygen atoms in total. The van der Waals surface area contributed by atoms with Crippen molar-refractivity contribution in [3.8, 4) is 0 Å². The van der Waals surface area contributed by atoms with Gasteiger partial charge >= 0.3 is 0 Å². The van der Waals surface area contributed by atoms with E-state index < -0.39 is 11.6 Å². The number of benzene rings is 1. The molecule has 4 heteroatoms. The molecule has 0 aromatic heterocycles. The summed E-state index contributed by atoms with van der Waals surface area (Å²) in [6.07, 6.45) is 1.75. The van der Waals surface area contributed by atoms with E-state index in [0.717, 1.165) is 19.4 Å². The fourth-order valence-corrected chi connectivity index (χ4v) is 2.17. The van der Waals surface area contributed by atoms with Gasteiger partial charge in [0.2, 0.25) is 0 Å². The average Bonchev–Trinajstić information content (AvgIpc) is 2.36. The molecule has 0 heterocycles. The summed E-state index contributed by atoms with van der Waals surface area (Å²) in [7, 11) is 0. The van der Waals surface area contributed by atoms with Crippen molar-refractivity contribution in [2.45, 2.75) is 40.2 Å². The van der Waals surface area contributed by atoms with Gasteiger partial charge in [-0.1, -0.05) is 20.8 Å². The van der Waals surface area contributed by atoms with Gasteiger partial charge in [0.25, 0.3) is 0 Å². The largest absolute Gasteiger partial charge is 0.367 e. The lowest BCUT2D eigenvalue weighted by Crippen LogP contribution is -2.27. The normalized spacial score (nSPS) is 10.8. The highest BCUT2D eigenvalue weighted by atomic mass is 19.1. The second kappa shape index (κ2) is 8.10. The van der Waals surface area contributed by atoms with Crippen molar-refractivity contribution in [3.63, 3.8) is 0 Å². The molecule has 1 N–H and O–H groups in total. The molecule has 0 aliphatic rings. The van der Waals surface area contributed by atoms with E-state index >= 15 is 0 Å². The van der Waals surface area contributed by atoms with Gasteiger partial charge in [0.05, 0.1) is 0 Å². The third-order valence-corrected chi connectivity index (χ3v) is 2.96. The molecular weight excluding hydrogens is 246 g/mol. The van der Waals surface area contributed by atoms with Crippen LogP contribution in [0.1, 0.15) is 39.2 Å². The summed E-state index contributed by atoms with van der Waals surface area (Å²) in [5.74, 6) is -0.926. The number of nitrogens with one attached hydrogen (secondary N) is 1. The number of rotatable bonds is 8. The zero-order chi connectivity index (χ0) is 14.3. The Morgan fingerprint density at radius 1 is 1.00 bits per heavy atom. The lowest BCUT2D eigenvalue weighted by molar-refractivity contribution is 0.561. The highest BCUT2D eigenvalue weighted by Crippen LogP contribution is 2.25. The van der Waals surface area contributed by atoms with E-state index in [9.17, 15) is 8.78 Å². The topological polar surface area (TPSA) is 15.3 Å². The molecule has 0 amide bonds. The van der Waals surface area contributed by atoms with Crippen molar-refractivity contribution in [2.24, 2.45) is 0 Å². The van der Waals surface area contributed by atoms with Gasteiger partial charge in [0.15, 0.2) is 0 Å². The van der Waals surface area contributed by atoms with E-state index in [4.69, 9.17) is 0 Å². The Balaban J connectivity index is 2.99. The van der Waals surface area contributed by atoms with Crippen molar-refractivity contribution >= 4 is 5.69 Å². The van der Waals surface area contributed by atoms with Crippen LogP contribution in [0.5, 0.6) is 0 Å². The summed E-state index contributed by atoms with van der Waals surface area (Å²) >= 11 is 0. The maximum absolute atomic E-state index is 14.1. The van der Waals surface area contributed by atoms with E-state index in [0.29, 0.717) is 25.2 Å².